The zero-order valence-electron chi connectivity index (χ0n) is 18.8. The molecule has 0 aliphatic heterocycles. The van der Waals surface area contributed by atoms with Gasteiger partial charge in [0.2, 0.25) is 0 Å². The Morgan fingerprint density at radius 1 is 0.778 bits per heavy atom. The number of nitriles is 3. The molecule has 0 amide bonds. The minimum absolute atomic E-state index is 0.0518. The van der Waals surface area contributed by atoms with E-state index in [1.165, 1.54) is 25.7 Å². The maximum Gasteiger partial charge on any atom is 0.0659 e. The molecule has 2 rings (SSSR count). The topological polar surface area (TPSA) is 97.4 Å². The molecule has 2 saturated carbocycles. The molecule has 2 aliphatic carbocycles. The van der Waals surface area contributed by atoms with Crippen LogP contribution in [0.15, 0.2) is 0 Å². The van der Waals surface area contributed by atoms with Gasteiger partial charge in [-0.3, -0.25) is 0 Å². The highest BCUT2D eigenvalue weighted by Gasteiger charge is 2.43. The Kier molecular flexibility index (Phi) is 14.8. The molecule has 2 fully saturated rings. The van der Waals surface area contributed by atoms with Crippen LogP contribution in [-0.2, 0) is 0 Å². The van der Waals surface area contributed by atoms with E-state index >= 15 is 0 Å². The lowest BCUT2D eigenvalue weighted by atomic mass is 9.58. The highest BCUT2D eigenvalue weighted by atomic mass is 14.7. The summed E-state index contributed by atoms with van der Waals surface area (Å²) in [6.07, 6.45) is 8.24. The SMILES string of the molecule is CC.CC.CC(C#N)C1(CC#N)CCC1.CC(N)C(C)C1(CC#N)CCC1. The van der Waals surface area contributed by atoms with Crippen LogP contribution in [0.25, 0.3) is 0 Å². The quantitative estimate of drug-likeness (QED) is 0.607. The summed E-state index contributed by atoms with van der Waals surface area (Å²) in [7, 11) is 0. The maximum absolute atomic E-state index is 8.71. The summed E-state index contributed by atoms with van der Waals surface area (Å²) in [5, 5.41) is 26.0. The van der Waals surface area contributed by atoms with E-state index < -0.39 is 0 Å². The molecule has 3 atom stereocenters. The summed E-state index contributed by atoms with van der Waals surface area (Å²) >= 11 is 0. The summed E-state index contributed by atoms with van der Waals surface area (Å²) in [4.78, 5) is 0. The van der Waals surface area contributed by atoms with Crippen LogP contribution < -0.4 is 5.73 Å². The van der Waals surface area contributed by atoms with Crippen molar-refractivity contribution in [3.63, 3.8) is 0 Å². The fraction of sp³-hybridized carbons (Fsp3) is 0.870. The molecule has 27 heavy (non-hydrogen) atoms. The van der Waals surface area contributed by atoms with Gasteiger partial charge in [-0.05, 0) is 56.3 Å². The van der Waals surface area contributed by atoms with Crippen LogP contribution >= 0.6 is 0 Å². The van der Waals surface area contributed by atoms with Gasteiger partial charge < -0.3 is 5.73 Å². The van der Waals surface area contributed by atoms with Gasteiger partial charge in [0, 0.05) is 18.9 Å². The van der Waals surface area contributed by atoms with E-state index in [1.807, 2.05) is 41.5 Å². The molecule has 2 aliphatic rings. The van der Waals surface area contributed by atoms with Crippen molar-refractivity contribution in [1.29, 1.82) is 15.8 Å². The lowest BCUT2D eigenvalue weighted by Gasteiger charge is -2.46. The molecule has 0 heterocycles. The number of rotatable bonds is 5. The van der Waals surface area contributed by atoms with E-state index in [4.69, 9.17) is 21.5 Å². The first-order valence-electron chi connectivity index (χ1n) is 10.8. The highest BCUT2D eigenvalue weighted by Crippen LogP contribution is 2.50. The molecule has 0 aromatic rings. The molecule has 4 heteroatoms. The summed E-state index contributed by atoms with van der Waals surface area (Å²) < 4.78 is 0. The average molecular weight is 375 g/mol. The molecular weight excluding hydrogens is 332 g/mol. The summed E-state index contributed by atoms with van der Waals surface area (Å²) in [6, 6.07) is 6.93. The molecule has 0 aromatic heterocycles. The second-order valence-electron chi connectivity index (χ2n) is 7.60. The number of hydrogen-bond donors (Lipinski definition) is 1. The van der Waals surface area contributed by atoms with Gasteiger partial charge in [-0.15, -0.1) is 0 Å². The van der Waals surface area contributed by atoms with Crippen molar-refractivity contribution in [1.82, 2.24) is 0 Å². The maximum atomic E-state index is 8.71. The van der Waals surface area contributed by atoms with Crippen molar-refractivity contribution in [2.75, 3.05) is 0 Å². The standard InChI is InChI=1S/C10H18N2.C9H12N2.2C2H6/c1-8(9(2)12)10(6-7-11)4-3-5-10;1-8(7-11)9(5-6-10)3-2-4-9;2*1-2/h8-9H,3-6,12H2,1-2H3;8H,2-5H2,1H3;2*1-2H3. The van der Waals surface area contributed by atoms with Crippen molar-refractivity contribution in [3.8, 4) is 18.2 Å². The summed E-state index contributed by atoms with van der Waals surface area (Å²) in [6.45, 7) is 14.2. The molecule has 4 nitrogen and oxygen atoms in total. The predicted octanol–water partition coefficient (Wildman–Crippen LogP) is 6.34. The first kappa shape index (κ1) is 27.6. The third-order valence-electron chi connectivity index (χ3n) is 6.43. The van der Waals surface area contributed by atoms with Crippen LogP contribution in [0, 0.1) is 56.7 Å². The monoisotopic (exact) mass is 374 g/mol. The van der Waals surface area contributed by atoms with Crippen LogP contribution in [-0.4, -0.2) is 6.04 Å². The summed E-state index contributed by atoms with van der Waals surface area (Å²) in [5.74, 6) is 0.543. The van der Waals surface area contributed by atoms with E-state index in [2.05, 4.69) is 25.1 Å². The Balaban J connectivity index is 0. The smallest absolute Gasteiger partial charge is 0.0659 e. The zero-order valence-corrected chi connectivity index (χ0v) is 18.8. The Hall–Kier alpha value is -1.57. The van der Waals surface area contributed by atoms with Gasteiger partial charge in [-0.2, -0.15) is 15.8 Å². The van der Waals surface area contributed by atoms with Crippen LogP contribution in [0.4, 0.5) is 0 Å². The molecule has 154 valence electrons. The number of hydrogen-bond acceptors (Lipinski definition) is 4. The molecule has 0 spiro atoms. The first-order valence-corrected chi connectivity index (χ1v) is 10.8. The van der Waals surface area contributed by atoms with Crippen molar-refractivity contribution in [3.05, 3.63) is 0 Å². The Morgan fingerprint density at radius 3 is 1.37 bits per heavy atom. The van der Waals surface area contributed by atoms with E-state index in [-0.39, 0.29) is 22.8 Å². The van der Waals surface area contributed by atoms with E-state index in [0.717, 1.165) is 12.8 Å². The normalized spacial score (nSPS) is 20.8. The molecular formula is C23H42N4. The Bertz CT molecular complexity index is 496. The third kappa shape index (κ3) is 7.52. The zero-order chi connectivity index (χ0) is 21.5. The van der Waals surface area contributed by atoms with Crippen molar-refractivity contribution in [2.45, 2.75) is 106 Å². The lowest BCUT2D eigenvalue weighted by Crippen LogP contribution is -2.43. The largest absolute Gasteiger partial charge is 0.328 e. The number of nitrogens with zero attached hydrogens (tertiary/aromatic N) is 3. The predicted molar refractivity (Wildman–Crippen MR) is 113 cm³/mol. The van der Waals surface area contributed by atoms with Gasteiger partial charge in [-0.25, -0.2) is 0 Å². The van der Waals surface area contributed by atoms with Crippen molar-refractivity contribution in [2.24, 2.45) is 28.4 Å². The van der Waals surface area contributed by atoms with E-state index in [0.29, 0.717) is 18.8 Å². The average Bonchev–Trinajstić information content (AvgIpc) is 2.63. The van der Waals surface area contributed by atoms with Crippen LogP contribution in [0.5, 0.6) is 0 Å². The second-order valence-corrected chi connectivity index (χ2v) is 7.60. The molecule has 0 bridgehead atoms. The third-order valence-corrected chi connectivity index (χ3v) is 6.43. The number of nitrogens with two attached hydrogens (primary N) is 1. The van der Waals surface area contributed by atoms with E-state index in [1.54, 1.807) is 0 Å². The van der Waals surface area contributed by atoms with Gasteiger partial charge >= 0.3 is 0 Å². The molecule has 2 N–H and O–H groups in total. The molecule has 0 saturated heterocycles. The Morgan fingerprint density at radius 2 is 1.15 bits per heavy atom. The Labute approximate surface area is 168 Å². The van der Waals surface area contributed by atoms with Crippen LogP contribution in [0.3, 0.4) is 0 Å². The molecule has 0 radical (unpaired) electrons. The summed E-state index contributed by atoms with van der Waals surface area (Å²) in [5.41, 5.74) is 6.18. The van der Waals surface area contributed by atoms with Gasteiger partial charge in [0.1, 0.15) is 0 Å². The highest BCUT2D eigenvalue weighted by molar-refractivity contribution is 5.04. The first-order chi connectivity index (χ1) is 12.9. The minimum atomic E-state index is 0.0518. The minimum Gasteiger partial charge on any atom is -0.328 e. The van der Waals surface area contributed by atoms with E-state index in [9.17, 15) is 0 Å². The van der Waals surface area contributed by atoms with Crippen molar-refractivity contribution < 1.29 is 0 Å². The fourth-order valence-electron chi connectivity index (χ4n) is 3.83. The van der Waals surface area contributed by atoms with Gasteiger partial charge in [0.05, 0.1) is 24.1 Å². The van der Waals surface area contributed by atoms with Crippen molar-refractivity contribution >= 4 is 0 Å². The van der Waals surface area contributed by atoms with Crippen LogP contribution in [0.2, 0.25) is 0 Å². The lowest BCUT2D eigenvalue weighted by molar-refractivity contribution is 0.0520. The molecule has 3 unspecified atom stereocenters. The van der Waals surface area contributed by atoms with Gasteiger partial charge in [-0.1, -0.05) is 47.5 Å². The molecule has 0 aromatic carbocycles. The second kappa shape index (κ2) is 14.5. The van der Waals surface area contributed by atoms with Crippen LogP contribution in [0.1, 0.15) is 99.8 Å². The van der Waals surface area contributed by atoms with Gasteiger partial charge in [0.15, 0.2) is 0 Å². The fourth-order valence-corrected chi connectivity index (χ4v) is 3.83. The van der Waals surface area contributed by atoms with Gasteiger partial charge in [0.25, 0.3) is 0 Å².